The Labute approximate surface area is 144 Å². The van der Waals surface area contributed by atoms with Gasteiger partial charge in [-0.2, -0.15) is 0 Å². The second-order valence-electron chi connectivity index (χ2n) is 6.12. The SMILES string of the molecule is O=C(O)[C@H]1Cc2ccccc2CN1C(=O)C[C@H](O)c1cccc(F)c1. The Kier molecular flexibility index (Phi) is 4.81. The number of carbonyl (C=O) groups is 2. The molecule has 3 rings (SSSR count). The minimum Gasteiger partial charge on any atom is -0.480 e. The van der Waals surface area contributed by atoms with Gasteiger partial charge in [-0.25, -0.2) is 9.18 Å². The van der Waals surface area contributed by atoms with Gasteiger partial charge in [0.2, 0.25) is 5.91 Å². The number of hydrogen-bond donors (Lipinski definition) is 2. The Morgan fingerprint density at radius 2 is 1.88 bits per heavy atom. The zero-order chi connectivity index (χ0) is 18.0. The third kappa shape index (κ3) is 3.69. The molecule has 2 N–H and O–H groups in total. The van der Waals surface area contributed by atoms with Crippen LogP contribution in [0.1, 0.15) is 29.2 Å². The van der Waals surface area contributed by atoms with Gasteiger partial charge in [-0.05, 0) is 28.8 Å². The maximum atomic E-state index is 13.3. The van der Waals surface area contributed by atoms with Crippen LogP contribution in [0.5, 0.6) is 0 Å². The molecule has 0 aromatic heterocycles. The highest BCUT2D eigenvalue weighted by molar-refractivity contribution is 5.85. The lowest BCUT2D eigenvalue weighted by molar-refractivity contribution is -0.152. The topological polar surface area (TPSA) is 77.8 Å². The number of rotatable bonds is 4. The Morgan fingerprint density at radius 3 is 2.56 bits per heavy atom. The van der Waals surface area contributed by atoms with Crippen LogP contribution >= 0.6 is 0 Å². The van der Waals surface area contributed by atoms with E-state index in [0.717, 1.165) is 17.2 Å². The lowest BCUT2D eigenvalue weighted by Crippen LogP contribution is -2.48. The summed E-state index contributed by atoms with van der Waals surface area (Å²) in [5.74, 6) is -2.05. The summed E-state index contributed by atoms with van der Waals surface area (Å²) in [4.78, 5) is 25.4. The van der Waals surface area contributed by atoms with E-state index >= 15 is 0 Å². The summed E-state index contributed by atoms with van der Waals surface area (Å²) in [6, 6.07) is 11.8. The number of nitrogens with zero attached hydrogens (tertiary/aromatic N) is 1. The summed E-state index contributed by atoms with van der Waals surface area (Å²) in [5, 5.41) is 19.7. The van der Waals surface area contributed by atoms with Crippen molar-refractivity contribution in [3.8, 4) is 0 Å². The van der Waals surface area contributed by atoms with Crippen LogP contribution in [0.4, 0.5) is 4.39 Å². The number of hydrogen-bond acceptors (Lipinski definition) is 3. The van der Waals surface area contributed by atoms with Crippen LogP contribution in [0.3, 0.4) is 0 Å². The maximum Gasteiger partial charge on any atom is 0.326 e. The largest absolute Gasteiger partial charge is 0.480 e. The highest BCUT2D eigenvalue weighted by Crippen LogP contribution is 2.26. The number of carboxylic acids is 1. The predicted octanol–water partition coefficient (Wildman–Crippen LogP) is 2.29. The molecular formula is C19H18FNO4. The van der Waals surface area contributed by atoms with Crippen molar-refractivity contribution in [1.29, 1.82) is 0 Å². The lowest BCUT2D eigenvalue weighted by atomic mass is 9.93. The molecule has 0 saturated heterocycles. The molecular weight excluding hydrogens is 325 g/mol. The molecule has 0 aliphatic carbocycles. The average molecular weight is 343 g/mol. The molecule has 2 aromatic carbocycles. The Morgan fingerprint density at radius 1 is 1.16 bits per heavy atom. The quantitative estimate of drug-likeness (QED) is 0.893. The molecule has 0 radical (unpaired) electrons. The molecule has 2 aromatic rings. The summed E-state index contributed by atoms with van der Waals surface area (Å²) in [7, 11) is 0. The number of amides is 1. The average Bonchev–Trinajstić information content (AvgIpc) is 2.60. The normalized spacial score (nSPS) is 17.7. The Bertz CT molecular complexity index is 808. The standard InChI is InChI=1S/C19H18FNO4/c20-15-7-3-6-13(8-15)17(22)10-18(23)21-11-14-5-2-1-4-12(14)9-16(21)19(24)25/h1-8,16-17,22H,9-11H2,(H,24,25)/t16-,17+/m1/s1. The molecule has 1 aliphatic rings. The van der Waals surface area contributed by atoms with E-state index in [-0.39, 0.29) is 24.9 Å². The second kappa shape index (κ2) is 7.03. The number of benzene rings is 2. The van der Waals surface area contributed by atoms with E-state index < -0.39 is 29.8 Å². The van der Waals surface area contributed by atoms with Crippen molar-refractivity contribution in [3.63, 3.8) is 0 Å². The number of aliphatic hydroxyl groups is 1. The van der Waals surface area contributed by atoms with E-state index in [0.29, 0.717) is 0 Å². The highest BCUT2D eigenvalue weighted by atomic mass is 19.1. The Balaban J connectivity index is 1.79. The molecule has 0 saturated carbocycles. The van der Waals surface area contributed by atoms with Gasteiger partial charge in [-0.3, -0.25) is 4.79 Å². The van der Waals surface area contributed by atoms with Crippen molar-refractivity contribution in [2.75, 3.05) is 0 Å². The molecule has 2 atom stereocenters. The molecule has 130 valence electrons. The fraction of sp³-hybridized carbons (Fsp3) is 0.263. The molecule has 0 spiro atoms. The van der Waals surface area contributed by atoms with Gasteiger partial charge in [0.25, 0.3) is 0 Å². The first-order chi connectivity index (χ1) is 12.0. The van der Waals surface area contributed by atoms with Crippen molar-refractivity contribution in [1.82, 2.24) is 4.90 Å². The van der Waals surface area contributed by atoms with Gasteiger partial charge in [-0.1, -0.05) is 36.4 Å². The van der Waals surface area contributed by atoms with Gasteiger partial charge in [-0.15, -0.1) is 0 Å². The maximum absolute atomic E-state index is 13.3. The first kappa shape index (κ1) is 17.1. The van der Waals surface area contributed by atoms with E-state index in [4.69, 9.17) is 0 Å². The second-order valence-corrected chi connectivity index (χ2v) is 6.12. The van der Waals surface area contributed by atoms with Gasteiger partial charge in [0.05, 0.1) is 12.5 Å². The van der Waals surface area contributed by atoms with Crippen molar-refractivity contribution >= 4 is 11.9 Å². The molecule has 1 amide bonds. The van der Waals surface area contributed by atoms with Crippen LogP contribution in [0.15, 0.2) is 48.5 Å². The molecule has 0 fully saturated rings. The minimum atomic E-state index is -1.19. The molecule has 1 heterocycles. The molecule has 5 nitrogen and oxygen atoms in total. The highest BCUT2D eigenvalue weighted by Gasteiger charge is 2.35. The monoisotopic (exact) mass is 343 g/mol. The van der Waals surface area contributed by atoms with Gasteiger partial charge in [0.15, 0.2) is 0 Å². The van der Waals surface area contributed by atoms with Gasteiger partial charge >= 0.3 is 5.97 Å². The van der Waals surface area contributed by atoms with Gasteiger partial charge in [0, 0.05) is 13.0 Å². The molecule has 0 bridgehead atoms. The van der Waals surface area contributed by atoms with Crippen molar-refractivity contribution < 1.29 is 24.2 Å². The predicted molar refractivity (Wildman–Crippen MR) is 88.1 cm³/mol. The summed E-state index contributed by atoms with van der Waals surface area (Å²) < 4.78 is 13.3. The number of aliphatic hydroxyl groups excluding tert-OH is 1. The number of aliphatic carboxylic acids is 1. The van der Waals surface area contributed by atoms with Crippen LogP contribution in [0.25, 0.3) is 0 Å². The zero-order valence-electron chi connectivity index (χ0n) is 13.4. The molecule has 25 heavy (non-hydrogen) atoms. The first-order valence-corrected chi connectivity index (χ1v) is 7.98. The van der Waals surface area contributed by atoms with Crippen LogP contribution < -0.4 is 0 Å². The van der Waals surface area contributed by atoms with Crippen molar-refractivity contribution in [2.24, 2.45) is 0 Å². The van der Waals surface area contributed by atoms with E-state index in [1.807, 2.05) is 24.3 Å². The fourth-order valence-electron chi connectivity index (χ4n) is 3.12. The number of halogens is 1. The molecule has 6 heteroatoms. The van der Waals surface area contributed by atoms with Crippen LogP contribution in [-0.2, 0) is 22.6 Å². The van der Waals surface area contributed by atoms with Crippen LogP contribution in [0.2, 0.25) is 0 Å². The summed E-state index contributed by atoms with van der Waals surface area (Å²) >= 11 is 0. The van der Waals surface area contributed by atoms with Crippen LogP contribution in [-0.4, -0.2) is 33.0 Å². The first-order valence-electron chi connectivity index (χ1n) is 7.98. The number of carbonyl (C=O) groups excluding carboxylic acids is 1. The lowest BCUT2D eigenvalue weighted by Gasteiger charge is -2.35. The third-order valence-corrected chi connectivity index (χ3v) is 4.46. The Hall–Kier alpha value is -2.73. The third-order valence-electron chi connectivity index (χ3n) is 4.46. The smallest absolute Gasteiger partial charge is 0.326 e. The van der Waals surface area contributed by atoms with Crippen molar-refractivity contribution in [2.45, 2.75) is 31.5 Å². The molecule has 1 aliphatic heterocycles. The van der Waals surface area contributed by atoms with E-state index in [1.165, 1.54) is 23.1 Å². The summed E-state index contributed by atoms with van der Waals surface area (Å²) in [5.41, 5.74) is 2.09. The molecule has 0 unspecified atom stereocenters. The van der Waals surface area contributed by atoms with Gasteiger partial charge in [0.1, 0.15) is 11.9 Å². The number of carboxylic acid groups (broad SMARTS) is 1. The summed E-state index contributed by atoms with van der Waals surface area (Å²) in [6.07, 6.45) is -1.25. The van der Waals surface area contributed by atoms with E-state index in [9.17, 15) is 24.2 Å². The van der Waals surface area contributed by atoms with Crippen LogP contribution in [0, 0.1) is 5.82 Å². The zero-order valence-corrected chi connectivity index (χ0v) is 13.4. The van der Waals surface area contributed by atoms with E-state index in [1.54, 1.807) is 0 Å². The number of fused-ring (bicyclic) bond motifs is 1. The minimum absolute atomic E-state index is 0.182. The van der Waals surface area contributed by atoms with E-state index in [2.05, 4.69) is 0 Å². The van der Waals surface area contributed by atoms with Crippen molar-refractivity contribution in [3.05, 3.63) is 71.0 Å². The fourth-order valence-corrected chi connectivity index (χ4v) is 3.12. The van der Waals surface area contributed by atoms with Gasteiger partial charge < -0.3 is 15.1 Å². The summed E-state index contributed by atoms with van der Waals surface area (Å²) in [6.45, 7) is 0.182.